The number of aromatic nitrogens is 1. The molecule has 3 heterocycles. The number of fused-ring (bicyclic) bond motifs is 2. The van der Waals surface area contributed by atoms with Crippen molar-refractivity contribution in [2.75, 3.05) is 30.3 Å². The molecule has 1 aromatic heterocycles. The van der Waals surface area contributed by atoms with E-state index >= 15 is 0 Å². The molecule has 336 valence electrons. The Morgan fingerprint density at radius 3 is 2.25 bits per heavy atom. The highest BCUT2D eigenvalue weighted by Gasteiger charge is 2.44. The first-order valence-corrected chi connectivity index (χ1v) is 24.6. The number of ether oxygens (including phenoxy) is 1. The average Bonchev–Trinajstić information content (AvgIpc) is 3.84. The van der Waals surface area contributed by atoms with E-state index in [1.165, 1.54) is 28.9 Å². The zero-order valence-electron chi connectivity index (χ0n) is 38.6. The lowest BCUT2D eigenvalue weighted by atomic mass is 9.81. The molecule has 2 aliphatic heterocycles. The summed E-state index contributed by atoms with van der Waals surface area (Å²) in [5.41, 5.74) is 11.7. The zero-order chi connectivity index (χ0) is 45.5. The molecule has 64 heavy (non-hydrogen) atoms. The van der Waals surface area contributed by atoms with E-state index in [4.69, 9.17) is 4.74 Å². The van der Waals surface area contributed by atoms with Crippen molar-refractivity contribution in [1.29, 1.82) is 0 Å². The molecule has 0 bridgehead atoms. The number of unbranched alkanes of at least 4 members (excludes halogenated alkanes) is 3. The molecule has 0 saturated carbocycles. The predicted octanol–water partition coefficient (Wildman–Crippen LogP) is 10.8. The van der Waals surface area contributed by atoms with Crippen molar-refractivity contribution in [3.8, 4) is 0 Å². The summed E-state index contributed by atoms with van der Waals surface area (Å²) < 4.78 is 43.3. The Labute approximate surface area is 381 Å². The van der Waals surface area contributed by atoms with Crippen LogP contribution >= 0.6 is 0 Å². The van der Waals surface area contributed by atoms with Crippen molar-refractivity contribution in [1.82, 2.24) is 4.90 Å². The highest BCUT2D eigenvalue weighted by atomic mass is 32.2. The number of carbonyl (C=O) groups is 1. The van der Waals surface area contributed by atoms with Crippen molar-refractivity contribution in [2.45, 2.75) is 103 Å². The van der Waals surface area contributed by atoms with Gasteiger partial charge in [0, 0.05) is 71.7 Å². The van der Waals surface area contributed by atoms with Gasteiger partial charge >= 0.3 is 6.09 Å². The lowest BCUT2D eigenvalue weighted by Gasteiger charge is -2.28. The second kappa shape index (κ2) is 20.1. The Bertz CT molecular complexity index is 2590. The highest BCUT2D eigenvalue weighted by molar-refractivity contribution is 7.85. The Balaban J connectivity index is 1.33. The molecule has 10 heteroatoms. The van der Waals surface area contributed by atoms with Crippen LogP contribution in [0.25, 0.3) is 0 Å². The zero-order valence-corrected chi connectivity index (χ0v) is 39.4. The van der Waals surface area contributed by atoms with E-state index < -0.39 is 10.1 Å². The topological polar surface area (TPSA) is 94.0 Å². The number of hydrogen-bond acceptors (Lipinski definition) is 5. The lowest BCUT2D eigenvalue weighted by Crippen LogP contribution is -2.33. The number of carbonyl (C=O) groups excluding carboxylic acids is 1. The normalized spacial score (nSPS) is 17.8. The van der Waals surface area contributed by atoms with Crippen LogP contribution < -0.4 is 9.47 Å². The Hall–Kier alpha value is -5.58. The monoisotopic (exact) mass is 882 g/mol. The van der Waals surface area contributed by atoms with Gasteiger partial charge in [0.1, 0.15) is 20.2 Å². The Morgan fingerprint density at radius 1 is 0.812 bits per heavy atom. The standard InChI is InChI=1S/C54H65N4O5S/c1-7-8-16-34-56-47-23-14-12-21-45(47)53(2,3)49(56)29-27-43-25-26-44(28-30-50-54(4,5)46-22-13-15-24-48(46)57(50)35-17-18-39-64(60,61)62)51(43)58(38-33-41-19-10-9-11-20-41)52(59)63-40-42-31-36-55(6)37-32-42/h9-15,19-24,27-32,36-37H,7-8,16-18,25-26,33-35,38-40H2,1-6H3/q+1/p+1. The molecule has 0 unspecified atom stereocenters. The molecule has 1 amide bonds. The molecule has 1 N–H and O–H groups in total. The number of aryl methyl sites for hydroxylation is 1. The van der Waals surface area contributed by atoms with Crippen LogP contribution in [0.4, 0.5) is 16.2 Å². The van der Waals surface area contributed by atoms with Crippen LogP contribution in [0.1, 0.15) is 102 Å². The smallest absolute Gasteiger partial charge is 0.414 e. The van der Waals surface area contributed by atoms with Crippen LogP contribution in [0.2, 0.25) is 0 Å². The maximum Gasteiger partial charge on any atom is 0.414 e. The summed E-state index contributed by atoms with van der Waals surface area (Å²) in [5.74, 6) is -0.268. The second-order valence-electron chi connectivity index (χ2n) is 18.4. The maximum absolute atomic E-state index is 14.7. The van der Waals surface area contributed by atoms with Crippen molar-refractivity contribution in [3.63, 3.8) is 0 Å². The first-order chi connectivity index (χ1) is 30.7. The van der Waals surface area contributed by atoms with Gasteiger partial charge in [-0.3, -0.25) is 9.45 Å². The number of rotatable bonds is 18. The molecule has 7 rings (SSSR count). The van der Waals surface area contributed by atoms with Gasteiger partial charge in [0.05, 0.1) is 16.9 Å². The van der Waals surface area contributed by atoms with E-state index in [9.17, 15) is 17.8 Å². The molecule has 0 spiro atoms. The highest BCUT2D eigenvalue weighted by Crippen LogP contribution is 2.48. The molecule has 4 aromatic rings. The van der Waals surface area contributed by atoms with Crippen molar-refractivity contribution in [2.24, 2.45) is 7.05 Å². The summed E-state index contributed by atoms with van der Waals surface area (Å²) in [6.45, 7) is 13.5. The van der Waals surface area contributed by atoms with Gasteiger partial charge in [-0.2, -0.15) is 13.0 Å². The fraction of sp³-hybridized carbons (Fsp3) is 0.389. The van der Waals surface area contributed by atoms with Crippen LogP contribution in [-0.2, 0) is 45.8 Å². The van der Waals surface area contributed by atoms with Gasteiger partial charge in [-0.05, 0) is 86.8 Å². The third kappa shape index (κ3) is 10.5. The van der Waals surface area contributed by atoms with E-state index in [0.717, 1.165) is 71.6 Å². The summed E-state index contributed by atoms with van der Waals surface area (Å²) in [6, 6.07) is 31.4. The molecular formula is C54H66N4O5S+2. The van der Waals surface area contributed by atoms with Crippen molar-refractivity contribution >= 4 is 33.3 Å². The van der Waals surface area contributed by atoms with Gasteiger partial charge in [-0.15, -0.1) is 0 Å². The van der Waals surface area contributed by atoms with Gasteiger partial charge in [0.15, 0.2) is 18.1 Å². The van der Waals surface area contributed by atoms with Gasteiger partial charge in [-0.1, -0.05) is 106 Å². The third-order valence-corrected chi connectivity index (χ3v) is 13.9. The first kappa shape index (κ1) is 46.4. The number of pyridine rings is 1. The van der Waals surface area contributed by atoms with Crippen molar-refractivity contribution < 1.29 is 31.6 Å². The largest absolute Gasteiger partial charge is 0.444 e. The molecule has 9 nitrogen and oxygen atoms in total. The molecule has 3 aliphatic rings. The lowest BCUT2D eigenvalue weighted by molar-refractivity contribution is -0.671. The molecule has 0 atom stereocenters. The number of amides is 1. The SMILES string of the molecule is CCCCC[N+]1=C(/C=C/C2=C(N(CCc3ccccc3)C(=O)OCc3cc[n+](C)cc3)C(=C/C=C3/N(CCCCS(=O)(=O)O)c4ccccc4C3(C)C)/CC2)C(C)(C)c2ccccc21. The minimum absolute atomic E-state index is 0.152. The fourth-order valence-corrected chi connectivity index (χ4v) is 10.2. The summed E-state index contributed by atoms with van der Waals surface area (Å²) in [5, 5.41) is 0. The summed E-state index contributed by atoms with van der Waals surface area (Å²) >= 11 is 0. The van der Waals surface area contributed by atoms with Crippen LogP contribution in [-0.4, -0.2) is 59.6 Å². The minimum atomic E-state index is -4.05. The number of benzene rings is 3. The first-order valence-electron chi connectivity index (χ1n) is 23.0. The maximum atomic E-state index is 14.7. The van der Waals surface area contributed by atoms with Crippen molar-refractivity contribution in [3.05, 3.63) is 172 Å². The van der Waals surface area contributed by atoms with Gasteiger partial charge < -0.3 is 9.64 Å². The van der Waals surface area contributed by atoms with Crippen LogP contribution in [0, 0.1) is 0 Å². The number of para-hydroxylation sites is 2. The fourth-order valence-electron chi connectivity index (χ4n) is 9.61. The predicted molar refractivity (Wildman–Crippen MR) is 257 cm³/mol. The Morgan fingerprint density at radius 2 is 1.52 bits per heavy atom. The molecule has 3 aromatic carbocycles. The van der Waals surface area contributed by atoms with Gasteiger partial charge in [0.25, 0.3) is 10.1 Å². The number of nitrogens with zero attached hydrogens (tertiary/aromatic N) is 4. The summed E-state index contributed by atoms with van der Waals surface area (Å²) in [6.07, 6.45) is 19.0. The molecule has 0 saturated heterocycles. The van der Waals surface area contributed by atoms with E-state index in [1.54, 1.807) is 0 Å². The van der Waals surface area contributed by atoms with E-state index in [0.29, 0.717) is 32.4 Å². The Kier molecular flexibility index (Phi) is 14.6. The van der Waals surface area contributed by atoms with Crippen LogP contribution in [0.3, 0.4) is 0 Å². The van der Waals surface area contributed by atoms with Crippen LogP contribution in [0.15, 0.2) is 150 Å². The molecule has 1 aliphatic carbocycles. The van der Waals surface area contributed by atoms with Gasteiger partial charge in [-0.25, -0.2) is 9.36 Å². The average molecular weight is 883 g/mol. The second-order valence-corrected chi connectivity index (χ2v) is 20.0. The van der Waals surface area contributed by atoms with Gasteiger partial charge in [0.2, 0.25) is 5.69 Å². The quantitative estimate of drug-likeness (QED) is 0.0608. The summed E-state index contributed by atoms with van der Waals surface area (Å²) in [7, 11) is -2.08. The molecular weight excluding hydrogens is 817 g/mol. The molecule has 0 radical (unpaired) electrons. The molecule has 0 fully saturated rings. The van der Waals surface area contributed by atoms with Crippen LogP contribution in [0.5, 0.6) is 0 Å². The van der Waals surface area contributed by atoms with E-state index in [1.807, 2.05) is 65.3 Å². The van der Waals surface area contributed by atoms with E-state index in [-0.39, 0.29) is 29.3 Å². The summed E-state index contributed by atoms with van der Waals surface area (Å²) in [4.78, 5) is 18.9. The number of allylic oxidation sites excluding steroid dienone is 7. The number of hydrogen-bond donors (Lipinski definition) is 1. The third-order valence-electron chi connectivity index (χ3n) is 13.1. The minimum Gasteiger partial charge on any atom is -0.444 e. The van der Waals surface area contributed by atoms with E-state index in [2.05, 4.69) is 123 Å². The number of anilines is 1.